The van der Waals surface area contributed by atoms with Gasteiger partial charge in [-0.2, -0.15) is 0 Å². The van der Waals surface area contributed by atoms with Crippen LogP contribution in [-0.2, 0) is 9.16 Å². The number of fused-ring (bicyclic) bond motifs is 2. The molecular formula is C34H42N4O5SSi. The summed E-state index contributed by atoms with van der Waals surface area (Å²) in [5.41, 5.74) is 2.29. The smallest absolute Gasteiger partial charge is 0.327 e. The highest BCUT2D eigenvalue weighted by atomic mass is 32.1. The Morgan fingerprint density at radius 2 is 1.96 bits per heavy atom. The van der Waals surface area contributed by atoms with Crippen LogP contribution in [0.15, 0.2) is 42.6 Å². The molecule has 3 aromatic heterocycles. The number of methoxy groups -OCH3 is 1. The van der Waals surface area contributed by atoms with E-state index in [0.717, 1.165) is 46.2 Å². The van der Waals surface area contributed by atoms with Gasteiger partial charge in [0.25, 0.3) is 5.91 Å². The third-order valence-corrected chi connectivity index (χ3v) is 14.3. The predicted octanol–water partition coefficient (Wildman–Crippen LogP) is 7.19. The van der Waals surface area contributed by atoms with Crippen molar-refractivity contribution in [1.29, 1.82) is 0 Å². The van der Waals surface area contributed by atoms with Crippen LogP contribution in [0.2, 0.25) is 18.1 Å². The monoisotopic (exact) mass is 646 g/mol. The minimum Gasteiger partial charge on any atom is -0.456 e. The van der Waals surface area contributed by atoms with Crippen molar-refractivity contribution in [1.82, 2.24) is 19.8 Å². The average molecular weight is 647 g/mol. The zero-order chi connectivity index (χ0) is 32.4. The van der Waals surface area contributed by atoms with E-state index in [1.54, 1.807) is 17.9 Å². The molecule has 1 atom stereocenters. The topological polar surface area (TPSA) is 94.9 Å². The number of hydrogen-bond acceptors (Lipinski definition) is 7. The quantitative estimate of drug-likeness (QED) is 0.161. The number of nitrogens with zero attached hydrogens (tertiary/aromatic N) is 3. The van der Waals surface area contributed by atoms with Gasteiger partial charge < -0.3 is 24.1 Å². The van der Waals surface area contributed by atoms with Gasteiger partial charge in [-0.1, -0.05) is 32.6 Å². The minimum absolute atomic E-state index is 0.00507. The molecule has 45 heavy (non-hydrogen) atoms. The number of ether oxygens (including phenoxy) is 2. The van der Waals surface area contributed by atoms with Crippen molar-refractivity contribution < 1.29 is 23.5 Å². The highest BCUT2D eigenvalue weighted by Crippen LogP contribution is 2.38. The number of nitrogens with one attached hydrogen (secondary N) is 1. The Balaban J connectivity index is 1.27. The number of pyridine rings is 1. The van der Waals surface area contributed by atoms with E-state index in [-0.39, 0.29) is 29.6 Å². The van der Waals surface area contributed by atoms with Crippen molar-refractivity contribution in [2.24, 2.45) is 0 Å². The fourth-order valence-corrected chi connectivity index (χ4v) is 7.14. The summed E-state index contributed by atoms with van der Waals surface area (Å²) in [7, 11) is -0.184. The molecule has 1 aliphatic rings. The first kappa shape index (κ1) is 32.7. The van der Waals surface area contributed by atoms with E-state index in [4.69, 9.17) is 13.9 Å². The Kier molecular flexibility index (Phi) is 9.70. The maximum absolute atomic E-state index is 13.4. The lowest BCUT2D eigenvalue weighted by Gasteiger charge is -2.35. The summed E-state index contributed by atoms with van der Waals surface area (Å²) in [4.78, 5) is 33.5. The second kappa shape index (κ2) is 13.3. The molecule has 1 fully saturated rings. The fraction of sp³-hybridized carbons (Fsp3) is 0.441. The maximum Gasteiger partial charge on any atom is 0.327 e. The van der Waals surface area contributed by atoms with Crippen LogP contribution in [-0.4, -0.2) is 74.2 Å². The molecule has 0 spiro atoms. The van der Waals surface area contributed by atoms with Gasteiger partial charge in [-0.3, -0.25) is 14.3 Å². The number of aromatic nitrogens is 2. The molecule has 4 heterocycles. The van der Waals surface area contributed by atoms with Crippen LogP contribution < -0.4 is 10.1 Å². The van der Waals surface area contributed by atoms with Gasteiger partial charge in [0.2, 0.25) is 0 Å². The summed E-state index contributed by atoms with van der Waals surface area (Å²) in [5.74, 6) is 7.29. The second-order valence-electron chi connectivity index (χ2n) is 12.9. The average Bonchev–Trinajstić information content (AvgIpc) is 3.70. The van der Waals surface area contributed by atoms with Crippen LogP contribution in [0, 0.1) is 18.8 Å². The molecule has 0 bridgehead atoms. The summed E-state index contributed by atoms with van der Waals surface area (Å²) in [5, 5.41) is 3.89. The Morgan fingerprint density at radius 1 is 1.16 bits per heavy atom. The van der Waals surface area contributed by atoms with Gasteiger partial charge >= 0.3 is 6.03 Å². The van der Waals surface area contributed by atoms with E-state index in [1.165, 1.54) is 11.3 Å². The molecule has 238 valence electrons. The molecule has 5 rings (SSSR count). The standard InChI is InChI=1S/C34H42N4O5SSi/c1-23-19-24-20-26(12-13-28(24)38(23)33(40)36-15-8-9-18-42-45(6,7)34(2,3)4)43-29-14-16-35-27-21-30(44-31(27)29)32(39)37-17-10-11-25(37)22-41-5/h12-14,16,19-21,25H,10-11,15,17-18,22H2,1-7H3,(H,36,40)/t25-/m0/s1. The molecule has 1 saturated heterocycles. The van der Waals surface area contributed by atoms with Crippen LogP contribution in [0.5, 0.6) is 11.5 Å². The number of thiophene rings is 1. The van der Waals surface area contributed by atoms with E-state index < -0.39 is 8.32 Å². The Bertz CT molecular complexity index is 1780. The van der Waals surface area contributed by atoms with Crippen LogP contribution >= 0.6 is 11.3 Å². The third-order valence-electron chi connectivity index (χ3n) is 8.74. The molecule has 1 N–H and O–H groups in total. The van der Waals surface area contributed by atoms with Crippen molar-refractivity contribution in [2.45, 2.75) is 64.7 Å². The number of likely N-dealkylation sites (tertiary alicyclic amines) is 1. The molecule has 2 amide bonds. The number of carbonyl (C=O) groups is 2. The largest absolute Gasteiger partial charge is 0.456 e. The highest BCUT2D eigenvalue weighted by Gasteiger charge is 2.36. The number of hydrogen-bond donors (Lipinski definition) is 1. The first-order valence-corrected chi connectivity index (χ1v) is 19.0. The second-order valence-corrected chi connectivity index (χ2v) is 18.8. The summed E-state index contributed by atoms with van der Waals surface area (Å²) in [6.45, 7) is 14.7. The zero-order valence-corrected chi connectivity index (χ0v) is 29.0. The van der Waals surface area contributed by atoms with E-state index in [1.807, 2.05) is 48.2 Å². The number of aryl methyl sites for hydroxylation is 1. The van der Waals surface area contributed by atoms with E-state index in [0.29, 0.717) is 29.6 Å². The number of benzene rings is 1. The molecule has 1 aromatic carbocycles. The SMILES string of the molecule is COC[C@@H]1CCCN1C(=O)c1cc2nccc(Oc3ccc4c(c3)cc(C)n4C(=O)NCC#CCO[Si](C)(C)C(C)(C)C)c2s1. The first-order valence-electron chi connectivity index (χ1n) is 15.3. The summed E-state index contributed by atoms with van der Waals surface area (Å²) in [6, 6.07) is 11.1. The normalized spacial score (nSPS) is 15.4. The van der Waals surface area contributed by atoms with Crippen molar-refractivity contribution in [3.8, 4) is 23.3 Å². The van der Waals surface area contributed by atoms with Crippen molar-refractivity contribution >= 4 is 52.7 Å². The van der Waals surface area contributed by atoms with Gasteiger partial charge in [0, 0.05) is 37.0 Å². The van der Waals surface area contributed by atoms with Crippen molar-refractivity contribution in [3.05, 3.63) is 53.2 Å². The van der Waals surface area contributed by atoms with Gasteiger partial charge in [-0.05, 0) is 68.2 Å². The van der Waals surface area contributed by atoms with Crippen molar-refractivity contribution in [2.75, 3.05) is 33.4 Å². The van der Waals surface area contributed by atoms with Gasteiger partial charge in [0.15, 0.2) is 8.32 Å². The van der Waals surface area contributed by atoms with Crippen molar-refractivity contribution in [3.63, 3.8) is 0 Å². The summed E-state index contributed by atoms with van der Waals surface area (Å²) in [6.07, 6.45) is 3.61. The van der Waals surface area contributed by atoms with Crippen LogP contribution in [0.4, 0.5) is 4.79 Å². The van der Waals surface area contributed by atoms with Gasteiger partial charge in [-0.15, -0.1) is 11.3 Å². The molecule has 11 heteroatoms. The lowest BCUT2D eigenvalue weighted by Crippen LogP contribution is -2.40. The number of amides is 2. The van der Waals surface area contributed by atoms with Gasteiger partial charge in [0.1, 0.15) is 11.5 Å². The van der Waals surface area contributed by atoms with Crippen LogP contribution in [0.3, 0.4) is 0 Å². The molecular weight excluding hydrogens is 605 g/mol. The van der Waals surface area contributed by atoms with Crippen LogP contribution in [0.1, 0.15) is 49.0 Å². The lowest BCUT2D eigenvalue weighted by atomic mass is 10.2. The molecule has 0 unspecified atom stereocenters. The Morgan fingerprint density at radius 3 is 2.71 bits per heavy atom. The lowest BCUT2D eigenvalue weighted by molar-refractivity contribution is 0.0635. The van der Waals surface area contributed by atoms with E-state index in [9.17, 15) is 9.59 Å². The van der Waals surface area contributed by atoms with E-state index >= 15 is 0 Å². The van der Waals surface area contributed by atoms with E-state index in [2.05, 4.69) is 56.0 Å². The minimum atomic E-state index is -1.85. The summed E-state index contributed by atoms with van der Waals surface area (Å²) >= 11 is 1.39. The maximum atomic E-state index is 13.4. The molecule has 9 nitrogen and oxygen atoms in total. The summed E-state index contributed by atoms with van der Waals surface area (Å²) < 4.78 is 20.2. The first-order chi connectivity index (χ1) is 21.4. The number of carbonyl (C=O) groups excluding carboxylic acids is 2. The zero-order valence-electron chi connectivity index (χ0n) is 27.2. The Hall–Kier alpha value is -3.69. The third kappa shape index (κ3) is 7.09. The predicted molar refractivity (Wildman–Crippen MR) is 182 cm³/mol. The molecule has 1 aliphatic heterocycles. The molecule has 0 saturated carbocycles. The molecule has 4 aromatic rings. The van der Waals surface area contributed by atoms with Gasteiger partial charge in [-0.25, -0.2) is 4.79 Å². The fourth-order valence-electron chi connectivity index (χ4n) is 5.25. The highest BCUT2D eigenvalue weighted by molar-refractivity contribution is 7.21. The Labute approximate surface area is 270 Å². The van der Waals surface area contributed by atoms with Crippen LogP contribution in [0.25, 0.3) is 21.1 Å². The number of rotatable bonds is 8. The molecule has 0 radical (unpaired) electrons. The molecule has 0 aliphatic carbocycles. The van der Waals surface area contributed by atoms with Gasteiger partial charge in [0.05, 0.1) is 46.4 Å².